The number of halogens is 3. The van der Waals surface area contributed by atoms with Crippen molar-refractivity contribution in [2.75, 3.05) is 12.9 Å². The monoisotopic (exact) mass is 395 g/mol. The summed E-state index contributed by atoms with van der Waals surface area (Å²) in [5.74, 6) is -0.626. The molecule has 0 saturated carbocycles. The fraction of sp³-hybridized carbons (Fsp3) is 0.263. The van der Waals surface area contributed by atoms with E-state index in [1.54, 1.807) is 30.3 Å². The molecule has 0 radical (unpaired) electrons. The van der Waals surface area contributed by atoms with Gasteiger partial charge in [-0.3, -0.25) is 4.79 Å². The van der Waals surface area contributed by atoms with Gasteiger partial charge in [0.05, 0.1) is 12.7 Å². The Balaban J connectivity index is 1.95. The molecule has 2 aromatic rings. The van der Waals surface area contributed by atoms with E-state index in [1.807, 2.05) is 0 Å². The number of rotatable bonds is 3. The zero-order valence-corrected chi connectivity index (χ0v) is 15.1. The molecular formula is C19H16F3NO3S. The summed E-state index contributed by atoms with van der Waals surface area (Å²) in [6.45, 7) is 0. The summed E-state index contributed by atoms with van der Waals surface area (Å²) in [6, 6.07) is 12.3. The lowest BCUT2D eigenvalue weighted by molar-refractivity contribution is -0.145. The van der Waals surface area contributed by atoms with Crippen LogP contribution in [0.2, 0.25) is 0 Å². The minimum absolute atomic E-state index is 0.303. The van der Waals surface area contributed by atoms with E-state index in [2.05, 4.69) is 0 Å². The fourth-order valence-corrected chi connectivity index (χ4v) is 4.31. The second-order valence-electron chi connectivity index (χ2n) is 5.92. The molecule has 1 aliphatic heterocycles. The van der Waals surface area contributed by atoms with Crippen LogP contribution in [0.4, 0.5) is 13.2 Å². The largest absolute Gasteiger partial charge is 0.467 e. The number of benzene rings is 2. The summed E-state index contributed by atoms with van der Waals surface area (Å²) in [4.78, 5) is 26.5. The number of carbonyl (C=O) groups is 2. The quantitative estimate of drug-likeness (QED) is 0.733. The van der Waals surface area contributed by atoms with Gasteiger partial charge in [0.25, 0.3) is 5.91 Å². The van der Waals surface area contributed by atoms with E-state index in [9.17, 15) is 22.8 Å². The van der Waals surface area contributed by atoms with Gasteiger partial charge in [0.2, 0.25) is 0 Å². The molecule has 1 amide bonds. The number of amides is 1. The first-order valence-corrected chi connectivity index (χ1v) is 9.12. The molecule has 0 aliphatic carbocycles. The fourth-order valence-electron chi connectivity index (χ4n) is 2.90. The molecule has 1 saturated heterocycles. The van der Waals surface area contributed by atoms with Crippen molar-refractivity contribution < 1.29 is 27.5 Å². The van der Waals surface area contributed by atoms with Gasteiger partial charge in [-0.2, -0.15) is 13.2 Å². The lowest BCUT2D eigenvalue weighted by Crippen LogP contribution is -2.43. The first-order valence-electron chi connectivity index (χ1n) is 8.07. The molecular weight excluding hydrogens is 379 g/mol. The Hall–Kier alpha value is -2.48. The zero-order valence-electron chi connectivity index (χ0n) is 14.3. The molecule has 0 aromatic heterocycles. The lowest BCUT2D eigenvalue weighted by atomic mass is 10.1. The SMILES string of the molecule is COC(=O)C1CSC(c2ccc(C(F)(F)F)cc2)N1C(=O)c1ccccc1. The zero-order chi connectivity index (χ0) is 19.6. The minimum atomic E-state index is -4.44. The summed E-state index contributed by atoms with van der Waals surface area (Å²) in [5, 5.41) is -0.580. The van der Waals surface area contributed by atoms with Crippen molar-refractivity contribution in [1.29, 1.82) is 0 Å². The third-order valence-electron chi connectivity index (χ3n) is 4.25. The molecule has 0 spiro atoms. The van der Waals surface area contributed by atoms with Crippen molar-refractivity contribution in [3.05, 3.63) is 71.3 Å². The van der Waals surface area contributed by atoms with Gasteiger partial charge < -0.3 is 9.64 Å². The van der Waals surface area contributed by atoms with E-state index in [0.29, 0.717) is 16.9 Å². The number of nitrogens with zero attached hydrogens (tertiary/aromatic N) is 1. The van der Waals surface area contributed by atoms with Crippen molar-refractivity contribution in [2.24, 2.45) is 0 Å². The molecule has 4 nitrogen and oxygen atoms in total. The highest BCUT2D eigenvalue weighted by Gasteiger charge is 2.43. The van der Waals surface area contributed by atoms with Crippen molar-refractivity contribution in [3.63, 3.8) is 0 Å². The topological polar surface area (TPSA) is 46.6 Å². The van der Waals surface area contributed by atoms with Crippen LogP contribution in [0.25, 0.3) is 0 Å². The Bertz CT molecular complexity index is 824. The van der Waals surface area contributed by atoms with Crippen molar-refractivity contribution in [3.8, 4) is 0 Å². The Kier molecular flexibility index (Phi) is 5.46. The van der Waals surface area contributed by atoms with E-state index in [1.165, 1.54) is 35.9 Å². The van der Waals surface area contributed by atoms with E-state index in [-0.39, 0.29) is 5.91 Å². The van der Waals surface area contributed by atoms with Gasteiger partial charge in [0, 0.05) is 11.3 Å². The van der Waals surface area contributed by atoms with Gasteiger partial charge in [-0.25, -0.2) is 4.79 Å². The first kappa shape index (κ1) is 19.3. The summed E-state index contributed by atoms with van der Waals surface area (Å²) in [6.07, 6.45) is -4.44. The number of ether oxygens (including phenoxy) is 1. The molecule has 2 unspecified atom stereocenters. The predicted octanol–water partition coefficient (Wildman–Crippen LogP) is 4.13. The third-order valence-corrected chi connectivity index (χ3v) is 5.58. The number of hydrogen-bond acceptors (Lipinski definition) is 4. The Morgan fingerprint density at radius 2 is 1.70 bits per heavy atom. The average Bonchev–Trinajstić information content (AvgIpc) is 3.12. The van der Waals surface area contributed by atoms with Crippen LogP contribution < -0.4 is 0 Å². The summed E-state index contributed by atoms with van der Waals surface area (Å²) in [5.41, 5.74) is 0.147. The van der Waals surface area contributed by atoms with E-state index in [0.717, 1.165) is 12.1 Å². The number of alkyl halides is 3. The van der Waals surface area contributed by atoms with Crippen molar-refractivity contribution in [1.82, 2.24) is 4.90 Å². The minimum Gasteiger partial charge on any atom is -0.467 e. The smallest absolute Gasteiger partial charge is 0.416 e. The standard InChI is InChI=1S/C19H16F3NO3S/c1-26-18(25)15-11-27-17(13-7-9-14(10-8-13)19(20,21)22)23(15)16(24)12-5-3-2-4-6-12/h2-10,15,17H,11H2,1H3. The van der Waals surface area contributed by atoms with Gasteiger partial charge in [-0.15, -0.1) is 11.8 Å². The molecule has 27 heavy (non-hydrogen) atoms. The maximum absolute atomic E-state index is 13.0. The molecule has 1 fully saturated rings. The highest BCUT2D eigenvalue weighted by Crippen LogP contribution is 2.43. The molecule has 1 aliphatic rings. The molecule has 0 bridgehead atoms. The summed E-state index contributed by atoms with van der Waals surface area (Å²) in [7, 11) is 1.24. The van der Waals surface area contributed by atoms with Crippen LogP contribution in [0.15, 0.2) is 54.6 Å². The van der Waals surface area contributed by atoms with Crippen LogP contribution in [0.3, 0.4) is 0 Å². The maximum Gasteiger partial charge on any atom is 0.416 e. The lowest BCUT2D eigenvalue weighted by Gasteiger charge is -2.28. The van der Waals surface area contributed by atoms with E-state index in [4.69, 9.17) is 4.74 Å². The van der Waals surface area contributed by atoms with Gasteiger partial charge in [-0.1, -0.05) is 30.3 Å². The molecule has 2 atom stereocenters. The van der Waals surface area contributed by atoms with Gasteiger partial charge >= 0.3 is 12.1 Å². The average molecular weight is 395 g/mol. The third kappa shape index (κ3) is 3.95. The van der Waals surface area contributed by atoms with Gasteiger partial charge in [0.15, 0.2) is 0 Å². The Morgan fingerprint density at radius 1 is 1.07 bits per heavy atom. The van der Waals surface area contributed by atoms with Crippen molar-refractivity contribution >= 4 is 23.6 Å². The second-order valence-corrected chi connectivity index (χ2v) is 7.04. The maximum atomic E-state index is 13.0. The van der Waals surface area contributed by atoms with Gasteiger partial charge in [0.1, 0.15) is 11.4 Å². The number of methoxy groups -OCH3 is 1. The molecule has 0 N–H and O–H groups in total. The highest BCUT2D eigenvalue weighted by atomic mass is 32.2. The Morgan fingerprint density at radius 3 is 2.26 bits per heavy atom. The summed E-state index contributed by atoms with van der Waals surface area (Å²) >= 11 is 1.31. The first-order chi connectivity index (χ1) is 12.8. The predicted molar refractivity (Wildman–Crippen MR) is 95.1 cm³/mol. The number of carbonyl (C=O) groups excluding carboxylic acids is 2. The molecule has 142 valence electrons. The number of hydrogen-bond donors (Lipinski definition) is 0. The van der Waals surface area contributed by atoms with Crippen LogP contribution in [0.1, 0.15) is 26.9 Å². The van der Waals surface area contributed by atoms with Crippen LogP contribution in [-0.2, 0) is 15.7 Å². The summed E-state index contributed by atoms with van der Waals surface area (Å²) < 4.78 is 43.2. The van der Waals surface area contributed by atoms with Crippen molar-refractivity contribution in [2.45, 2.75) is 17.6 Å². The number of thioether (sulfide) groups is 1. The molecule has 8 heteroatoms. The van der Waals surface area contributed by atoms with Crippen LogP contribution >= 0.6 is 11.8 Å². The Labute approximate surface area is 158 Å². The molecule has 1 heterocycles. The van der Waals surface area contributed by atoms with E-state index >= 15 is 0 Å². The highest BCUT2D eigenvalue weighted by molar-refractivity contribution is 7.99. The normalized spacial score (nSPS) is 19.8. The second kappa shape index (κ2) is 7.64. The van der Waals surface area contributed by atoms with Crippen LogP contribution in [-0.4, -0.2) is 35.7 Å². The van der Waals surface area contributed by atoms with Crippen LogP contribution in [0, 0.1) is 0 Å². The molecule has 3 rings (SSSR count). The molecule has 2 aromatic carbocycles. The van der Waals surface area contributed by atoms with E-state index < -0.39 is 29.1 Å². The number of esters is 1. The van der Waals surface area contributed by atoms with Crippen LogP contribution in [0.5, 0.6) is 0 Å². The van der Waals surface area contributed by atoms with Gasteiger partial charge in [-0.05, 0) is 29.8 Å².